The number of carbonyl (C=O) groups excluding carboxylic acids is 1. The zero-order valence-electron chi connectivity index (χ0n) is 15.4. The second kappa shape index (κ2) is 7.30. The van der Waals surface area contributed by atoms with Crippen molar-refractivity contribution in [3.8, 4) is 5.75 Å². The lowest BCUT2D eigenvalue weighted by molar-refractivity contribution is 0.0623. The predicted octanol–water partition coefficient (Wildman–Crippen LogP) is 3.99. The lowest BCUT2D eigenvalue weighted by Gasteiger charge is -2.35. The summed E-state index contributed by atoms with van der Waals surface area (Å²) in [5, 5.41) is 3.92. The van der Waals surface area contributed by atoms with Crippen LogP contribution in [0.25, 0.3) is 0 Å². The third kappa shape index (κ3) is 4.03. The number of ether oxygens (including phenoxy) is 1. The molecule has 0 unspecified atom stereocenters. The van der Waals surface area contributed by atoms with Gasteiger partial charge in [0.2, 0.25) is 0 Å². The number of rotatable bonds is 4. The van der Waals surface area contributed by atoms with E-state index in [1.54, 1.807) is 0 Å². The first-order valence-electron chi connectivity index (χ1n) is 8.88. The van der Waals surface area contributed by atoms with Gasteiger partial charge in [-0.15, -0.1) is 0 Å². The first-order chi connectivity index (χ1) is 11.9. The second-order valence-corrected chi connectivity index (χ2v) is 7.27. The molecule has 0 aliphatic carbocycles. The van der Waals surface area contributed by atoms with Gasteiger partial charge in [-0.2, -0.15) is 0 Å². The van der Waals surface area contributed by atoms with Gasteiger partial charge in [-0.25, -0.2) is 0 Å². The average molecular weight is 342 g/mol. The largest absolute Gasteiger partial charge is 0.489 e. The normalized spacial score (nSPS) is 20.6. The van der Waals surface area contributed by atoms with Crippen LogP contribution in [0.15, 0.2) is 28.8 Å². The minimum absolute atomic E-state index is 0.107. The molecular weight excluding hydrogens is 316 g/mol. The van der Waals surface area contributed by atoms with E-state index in [2.05, 4.69) is 19.0 Å². The Morgan fingerprint density at radius 1 is 1.20 bits per heavy atom. The number of likely N-dealkylation sites (tertiary alicyclic amines) is 1. The third-order valence-corrected chi connectivity index (χ3v) is 4.82. The van der Waals surface area contributed by atoms with Gasteiger partial charge >= 0.3 is 0 Å². The van der Waals surface area contributed by atoms with Crippen LogP contribution in [-0.4, -0.2) is 29.1 Å². The second-order valence-electron chi connectivity index (χ2n) is 7.27. The lowest BCUT2D eigenvalue weighted by atomic mass is 9.91. The van der Waals surface area contributed by atoms with Crippen LogP contribution < -0.4 is 4.74 Å². The van der Waals surface area contributed by atoms with E-state index >= 15 is 0 Å². The SMILES string of the molecule is Cc1noc(C)c1COc1ccc(C(=O)N2C[C@@H](C)C[C@H](C)C2)cc1. The fraction of sp³-hybridized carbons (Fsp3) is 0.500. The van der Waals surface area contributed by atoms with Crippen molar-refractivity contribution < 1.29 is 14.1 Å². The van der Waals surface area contributed by atoms with Crippen molar-refractivity contribution in [3.63, 3.8) is 0 Å². The molecule has 1 aromatic heterocycles. The molecule has 0 radical (unpaired) electrons. The maximum Gasteiger partial charge on any atom is 0.253 e. The van der Waals surface area contributed by atoms with Gasteiger partial charge in [0, 0.05) is 18.7 Å². The van der Waals surface area contributed by atoms with E-state index in [4.69, 9.17) is 9.26 Å². The minimum Gasteiger partial charge on any atom is -0.489 e. The molecule has 1 aliphatic heterocycles. The van der Waals surface area contributed by atoms with Gasteiger partial charge in [0.1, 0.15) is 18.1 Å². The third-order valence-electron chi connectivity index (χ3n) is 4.82. The number of aryl methyl sites for hydroxylation is 2. The molecule has 2 aromatic rings. The Balaban J connectivity index is 1.63. The van der Waals surface area contributed by atoms with Gasteiger partial charge in [0.05, 0.1) is 11.3 Å². The summed E-state index contributed by atoms with van der Waals surface area (Å²) in [4.78, 5) is 14.7. The highest BCUT2D eigenvalue weighted by atomic mass is 16.5. The summed E-state index contributed by atoms with van der Waals surface area (Å²) in [6, 6.07) is 7.38. The molecule has 3 rings (SSSR count). The number of hydrogen-bond donors (Lipinski definition) is 0. The lowest BCUT2D eigenvalue weighted by Crippen LogP contribution is -2.42. The molecule has 25 heavy (non-hydrogen) atoms. The molecule has 2 heterocycles. The van der Waals surface area contributed by atoms with Crippen LogP contribution in [0.2, 0.25) is 0 Å². The Labute approximate surface area is 148 Å². The van der Waals surface area contributed by atoms with Crippen molar-refractivity contribution in [1.29, 1.82) is 0 Å². The van der Waals surface area contributed by atoms with Crippen LogP contribution in [-0.2, 0) is 6.61 Å². The van der Waals surface area contributed by atoms with Gasteiger partial charge in [0.25, 0.3) is 5.91 Å². The summed E-state index contributed by atoms with van der Waals surface area (Å²) < 4.78 is 10.9. The summed E-state index contributed by atoms with van der Waals surface area (Å²) in [5.74, 6) is 2.74. The first-order valence-corrected chi connectivity index (χ1v) is 8.88. The maximum atomic E-state index is 12.7. The number of carbonyl (C=O) groups is 1. The first kappa shape index (κ1) is 17.5. The van der Waals surface area contributed by atoms with Crippen molar-refractivity contribution in [2.24, 2.45) is 11.8 Å². The summed E-state index contributed by atoms with van der Waals surface area (Å²) >= 11 is 0. The highest BCUT2D eigenvalue weighted by molar-refractivity contribution is 5.94. The summed E-state index contributed by atoms with van der Waals surface area (Å²) in [7, 11) is 0. The molecule has 5 nitrogen and oxygen atoms in total. The fourth-order valence-corrected chi connectivity index (χ4v) is 3.57. The molecule has 0 saturated carbocycles. The van der Waals surface area contributed by atoms with Gasteiger partial charge in [-0.05, 0) is 56.4 Å². The molecule has 1 amide bonds. The Morgan fingerprint density at radius 2 is 1.84 bits per heavy atom. The van der Waals surface area contributed by atoms with Crippen molar-refractivity contribution in [2.75, 3.05) is 13.1 Å². The molecule has 1 fully saturated rings. The summed E-state index contributed by atoms with van der Waals surface area (Å²) in [6.07, 6.45) is 1.19. The number of hydrogen-bond acceptors (Lipinski definition) is 4. The van der Waals surface area contributed by atoms with Gasteiger partial charge in [0.15, 0.2) is 0 Å². The van der Waals surface area contributed by atoms with Crippen LogP contribution in [0.4, 0.5) is 0 Å². The molecule has 1 saturated heterocycles. The molecular formula is C20H26N2O3. The summed E-state index contributed by atoms with van der Waals surface area (Å²) in [6.45, 7) is 10.3. The molecule has 134 valence electrons. The van der Waals surface area contributed by atoms with E-state index in [1.807, 2.05) is 43.0 Å². The fourth-order valence-electron chi connectivity index (χ4n) is 3.57. The number of benzene rings is 1. The number of amides is 1. The van der Waals surface area contributed by atoms with Crippen LogP contribution >= 0.6 is 0 Å². The molecule has 0 N–H and O–H groups in total. The minimum atomic E-state index is 0.107. The van der Waals surface area contributed by atoms with E-state index in [0.29, 0.717) is 24.0 Å². The van der Waals surface area contributed by atoms with Crippen molar-refractivity contribution in [2.45, 2.75) is 40.7 Å². The van der Waals surface area contributed by atoms with Gasteiger partial charge in [-0.1, -0.05) is 19.0 Å². The topological polar surface area (TPSA) is 55.6 Å². The van der Waals surface area contributed by atoms with Crippen LogP contribution in [0.5, 0.6) is 5.75 Å². The van der Waals surface area contributed by atoms with Crippen LogP contribution in [0.3, 0.4) is 0 Å². The number of aromatic nitrogens is 1. The monoisotopic (exact) mass is 342 g/mol. The molecule has 5 heteroatoms. The summed E-state index contributed by atoms with van der Waals surface area (Å²) in [5.41, 5.74) is 2.53. The Morgan fingerprint density at radius 3 is 2.40 bits per heavy atom. The predicted molar refractivity (Wildman–Crippen MR) is 95.6 cm³/mol. The Hall–Kier alpha value is -2.30. The van der Waals surface area contributed by atoms with Crippen LogP contribution in [0, 0.1) is 25.7 Å². The standard InChI is InChI=1S/C20H26N2O3/c1-13-9-14(2)11-22(10-13)20(23)17-5-7-18(8-6-17)24-12-19-15(3)21-25-16(19)4/h5-8,13-14H,9-12H2,1-4H3/t13-,14-/m0/s1. The number of nitrogens with zero attached hydrogens (tertiary/aromatic N) is 2. The van der Waals surface area contributed by atoms with Gasteiger partial charge < -0.3 is 14.2 Å². The Bertz CT molecular complexity index is 706. The van der Waals surface area contributed by atoms with Crippen molar-refractivity contribution in [1.82, 2.24) is 10.1 Å². The molecule has 0 bridgehead atoms. The van der Waals surface area contributed by atoms with Crippen molar-refractivity contribution in [3.05, 3.63) is 46.8 Å². The highest BCUT2D eigenvalue weighted by Crippen LogP contribution is 2.23. The van der Waals surface area contributed by atoms with E-state index in [-0.39, 0.29) is 5.91 Å². The van der Waals surface area contributed by atoms with Gasteiger partial charge in [-0.3, -0.25) is 4.79 Å². The molecule has 0 spiro atoms. The van der Waals surface area contributed by atoms with Crippen LogP contribution in [0.1, 0.15) is 47.6 Å². The van der Waals surface area contributed by atoms with E-state index < -0.39 is 0 Å². The molecule has 1 aromatic carbocycles. The molecule has 1 aliphatic rings. The van der Waals surface area contributed by atoms with E-state index in [9.17, 15) is 4.79 Å². The molecule has 2 atom stereocenters. The van der Waals surface area contributed by atoms with E-state index in [1.165, 1.54) is 6.42 Å². The zero-order valence-corrected chi connectivity index (χ0v) is 15.4. The number of piperidine rings is 1. The van der Waals surface area contributed by atoms with Crippen molar-refractivity contribution >= 4 is 5.91 Å². The average Bonchev–Trinajstić information content (AvgIpc) is 2.90. The Kier molecular flexibility index (Phi) is 5.11. The smallest absolute Gasteiger partial charge is 0.253 e. The zero-order chi connectivity index (χ0) is 18.0. The van der Waals surface area contributed by atoms with E-state index in [0.717, 1.165) is 35.9 Å². The maximum absolute atomic E-state index is 12.7. The highest BCUT2D eigenvalue weighted by Gasteiger charge is 2.26. The quantitative estimate of drug-likeness (QED) is 0.843.